The summed E-state index contributed by atoms with van der Waals surface area (Å²) < 4.78 is 40.3. The van der Waals surface area contributed by atoms with E-state index in [2.05, 4.69) is 4.74 Å². The van der Waals surface area contributed by atoms with Crippen LogP contribution in [0.15, 0.2) is 48.5 Å². The van der Waals surface area contributed by atoms with E-state index in [1.165, 1.54) is 37.5 Å². The number of methoxy groups -OCH3 is 1. The van der Waals surface area contributed by atoms with Crippen LogP contribution in [0.5, 0.6) is 17.2 Å². The molecule has 0 spiro atoms. The summed E-state index contributed by atoms with van der Waals surface area (Å²) in [6, 6.07) is 10.6. The van der Waals surface area contributed by atoms with Crippen molar-refractivity contribution in [3.63, 3.8) is 0 Å². The standard InChI is InChI=1S/C24H15Cl5F2O4/c1-33-17-8-6-12(5-7-16(32)13-3-2-4-15(10-13)35-24(30)31)9-14(17)11-34-23-21(28)19(26)18(25)20(27)22(23)29/h2-10,24H,11H2,1H3/b7-5+. The molecule has 0 aliphatic heterocycles. The molecule has 0 N–H and O–H groups in total. The maximum Gasteiger partial charge on any atom is 0.387 e. The van der Waals surface area contributed by atoms with Gasteiger partial charge in [-0.1, -0.05) is 82.3 Å². The molecule has 0 saturated carbocycles. The number of carbonyl (C=O) groups excluding carboxylic acids is 1. The summed E-state index contributed by atoms with van der Waals surface area (Å²) in [7, 11) is 1.49. The monoisotopic (exact) mass is 580 g/mol. The Morgan fingerprint density at radius 3 is 2.23 bits per heavy atom. The van der Waals surface area contributed by atoms with Gasteiger partial charge in [0.1, 0.15) is 28.2 Å². The summed E-state index contributed by atoms with van der Waals surface area (Å²) >= 11 is 30.6. The highest BCUT2D eigenvalue weighted by molar-refractivity contribution is 6.55. The maximum absolute atomic E-state index is 12.5. The first kappa shape index (κ1) is 27.4. The molecule has 0 atom stereocenters. The van der Waals surface area contributed by atoms with Crippen molar-refractivity contribution < 1.29 is 27.8 Å². The third-order valence-electron chi connectivity index (χ3n) is 4.62. The number of ether oxygens (including phenoxy) is 3. The fourth-order valence-corrected chi connectivity index (χ4v) is 4.20. The van der Waals surface area contributed by atoms with Gasteiger partial charge >= 0.3 is 6.61 Å². The third-order valence-corrected chi connectivity index (χ3v) is 6.86. The van der Waals surface area contributed by atoms with Gasteiger partial charge in [-0.25, -0.2) is 0 Å². The molecule has 3 rings (SSSR count). The van der Waals surface area contributed by atoms with Crippen molar-refractivity contribution >= 4 is 69.9 Å². The van der Waals surface area contributed by atoms with Crippen LogP contribution in [0.3, 0.4) is 0 Å². The molecule has 0 aromatic heterocycles. The van der Waals surface area contributed by atoms with Crippen LogP contribution in [0.25, 0.3) is 6.08 Å². The lowest BCUT2D eigenvalue weighted by Crippen LogP contribution is -2.03. The predicted molar refractivity (Wildman–Crippen MR) is 135 cm³/mol. The Kier molecular flexibility index (Phi) is 9.50. The van der Waals surface area contributed by atoms with Gasteiger partial charge in [0, 0.05) is 11.1 Å². The van der Waals surface area contributed by atoms with Gasteiger partial charge in [-0.3, -0.25) is 4.79 Å². The molecular weight excluding hydrogens is 568 g/mol. The average molecular weight is 583 g/mol. The number of allylic oxidation sites excluding steroid dienone is 1. The van der Waals surface area contributed by atoms with Crippen LogP contribution < -0.4 is 14.2 Å². The molecule has 0 saturated heterocycles. The van der Waals surface area contributed by atoms with E-state index in [1.807, 2.05) is 0 Å². The third kappa shape index (κ3) is 6.72. The van der Waals surface area contributed by atoms with Gasteiger partial charge in [0.25, 0.3) is 0 Å². The van der Waals surface area contributed by atoms with Crippen molar-refractivity contribution in [2.75, 3.05) is 7.11 Å². The fourth-order valence-electron chi connectivity index (χ4n) is 2.97. The molecule has 3 aromatic rings. The molecule has 0 heterocycles. The van der Waals surface area contributed by atoms with Gasteiger partial charge in [-0.05, 0) is 35.9 Å². The highest BCUT2D eigenvalue weighted by atomic mass is 35.5. The molecule has 0 amide bonds. The number of carbonyl (C=O) groups is 1. The van der Waals surface area contributed by atoms with Crippen LogP contribution in [-0.4, -0.2) is 19.5 Å². The summed E-state index contributed by atoms with van der Waals surface area (Å²) in [6.45, 7) is -3.01. The molecule has 0 bridgehead atoms. The number of halogens is 7. The molecule has 0 fully saturated rings. The van der Waals surface area contributed by atoms with Gasteiger partial charge in [-0.2, -0.15) is 8.78 Å². The lowest BCUT2D eigenvalue weighted by molar-refractivity contribution is -0.0498. The fraction of sp³-hybridized carbons (Fsp3) is 0.125. The largest absolute Gasteiger partial charge is 0.496 e. The first-order valence-corrected chi connectivity index (χ1v) is 11.6. The number of rotatable bonds is 9. The molecule has 4 nitrogen and oxygen atoms in total. The summed E-state index contributed by atoms with van der Waals surface area (Å²) in [5.74, 6) is 0.0470. The Morgan fingerprint density at radius 2 is 1.60 bits per heavy atom. The van der Waals surface area contributed by atoms with Gasteiger partial charge in [0.2, 0.25) is 0 Å². The summed E-state index contributed by atoms with van der Waals surface area (Å²) in [4.78, 5) is 12.5. The summed E-state index contributed by atoms with van der Waals surface area (Å²) in [5.41, 5.74) is 1.43. The smallest absolute Gasteiger partial charge is 0.387 e. The van der Waals surface area contributed by atoms with E-state index in [0.717, 1.165) is 0 Å². The predicted octanol–water partition coefficient (Wildman–Crippen LogP) is 9.04. The normalized spacial score (nSPS) is 11.2. The van der Waals surface area contributed by atoms with Gasteiger partial charge < -0.3 is 14.2 Å². The average Bonchev–Trinajstić information content (AvgIpc) is 2.84. The molecule has 11 heteroatoms. The SMILES string of the molecule is COc1ccc(/C=C/C(=O)c2cccc(OC(F)F)c2)cc1COc1c(Cl)c(Cl)c(Cl)c(Cl)c1Cl. The number of ketones is 1. The molecule has 0 aliphatic carbocycles. The zero-order valence-electron chi connectivity index (χ0n) is 17.8. The number of benzene rings is 3. The van der Waals surface area contributed by atoms with Gasteiger partial charge in [-0.15, -0.1) is 0 Å². The lowest BCUT2D eigenvalue weighted by atomic mass is 10.1. The maximum atomic E-state index is 12.5. The summed E-state index contributed by atoms with van der Waals surface area (Å²) in [5, 5.41) is 0.0247. The first-order chi connectivity index (χ1) is 16.6. The van der Waals surface area contributed by atoms with Crippen LogP contribution in [0.1, 0.15) is 21.5 Å². The van der Waals surface area contributed by atoms with E-state index < -0.39 is 12.4 Å². The quantitative estimate of drug-likeness (QED) is 0.109. The first-order valence-electron chi connectivity index (χ1n) is 9.70. The summed E-state index contributed by atoms with van der Waals surface area (Å²) in [6.07, 6.45) is 2.86. The minimum Gasteiger partial charge on any atom is -0.496 e. The van der Waals surface area contributed by atoms with Crippen molar-refractivity contribution in [3.05, 3.63) is 90.3 Å². The molecule has 0 aliphatic rings. The number of alkyl halides is 2. The molecule has 35 heavy (non-hydrogen) atoms. The zero-order chi connectivity index (χ0) is 25.7. The highest BCUT2D eigenvalue weighted by Crippen LogP contribution is 2.48. The Balaban J connectivity index is 1.81. The van der Waals surface area contributed by atoms with Crippen molar-refractivity contribution in [2.45, 2.75) is 13.2 Å². The van der Waals surface area contributed by atoms with Gasteiger partial charge in [0.15, 0.2) is 11.5 Å². The molecule has 3 aromatic carbocycles. The van der Waals surface area contributed by atoms with Crippen molar-refractivity contribution in [3.8, 4) is 17.2 Å². The van der Waals surface area contributed by atoms with Crippen LogP contribution in [-0.2, 0) is 6.61 Å². The van der Waals surface area contributed by atoms with Crippen LogP contribution >= 0.6 is 58.0 Å². The van der Waals surface area contributed by atoms with Crippen molar-refractivity contribution in [1.82, 2.24) is 0 Å². The molecular formula is C24H15Cl5F2O4. The van der Waals surface area contributed by atoms with Gasteiger partial charge in [0.05, 0.1) is 22.2 Å². The lowest BCUT2D eigenvalue weighted by Gasteiger charge is -2.15. The van der Waals surface area contributed by atoms with Crippen LogP contribution in [0.2, 0.25) is 25.1 Å². The van der Waals surface area contributed by atoms with E-state index in [-0.39, 0.29) is 48.8 Å². The molecule has 0 unspecified atom stereocenters. The van der Waals surface area contributed by atoms with Crippen molar-refractivity contribution in [2.24, 2.45) is 0 Å². The number of hydrogen-bond acceptors (Lipinski definition) is 4. The Labute approximate surface area is 224 Å². The van der Waals surface area contributed by atoms with E-state index in [4.69, 9.17) is 67.5 Å². The van der Waals surface area contributed by atoms with Crippen molar-refractivity contribution in [1.29, 1.82) is 0 Å². The highest BCUT2D eigenvalue weighted by Gasteiger charge is 2.21. The Hall–Kier alpha value is -2.22. The molecule has 0 radical (unpaired) electrons. The van der Waals surface area contributed by atoms with Crippen LogP contribution in [0.4, 0.5) is 8.78 Å². The minimum atomic E-state index is -2.99. The Morgan fingerprint density at radius 1 is 0.943 bits per heavy atom. The number of hydrogen-bond donors (Lipinski definition) is 0. The van der Waals surface area contributed by atoms with E-state index in [9.17, 15) is 13.6 Å². The second-order valence-corrected chi connectivity index (χ2v) is 8.75. The zero-order valence-corrected chi connectivity index (χ0v) is 21.5. The van der Waals surface area contributed by atoms with Crippen LogP contribution in [0, 0.1) is 0 Å². The second kappa shape index (κ2) is 12.2. The van der Waals surface area contributed by atoms with E-state index in [0.29, 0.717) is 16.9 Å². The minimum absolute atomic E-state index is 0.00270. The van der Waals surface area contributed by atoms with E-state index >= 15 is 0 Å². The topological polar surface area (TPSA) is 44.8 Å². The Bertz CT molecular complexity index is 1250. The molecule has 184 valence electrons. The second-order valence-electron chi connectivity index (χ2n) is 6.86. The van der Waals surface area contributed by atoms with E-state index in [1.54, 1.807) is 24.3 Å².